The molecule has 110 valence electrons. The zero-order valence-corrected chi connectivity index (χ0v) is 11.3. The maximum Gasteiger partial charge on any atom is 0.329 e. The summed E-state index contributed by atoms with van der Waals surface area (Å²) < 4.78 is 1.84. The Morgan fingerprint density at radius 2 is 2.05 bits per heavy atom. The lowest BCUT2D eigenvalue weighted by molar-refractivity contribution is -0.145. The lowest BCUT2D eigenvalue weighted by Crippen LogP contribution is -2.58. The van der Waals surface area contributed by atoms with Gasteiger partial charge in [-0.2, -0.15) is 0 Å². The SMILES string of the molecule is O=C(NCCn1ccnc1)NC1(C(=O)O)CCCCC1. The van der Waals surface area contributed by atoms with Crippen LogP contribution in [0.3, 0.4) is 0 Å². The number of amides is 2. The van der Waals surface area contributed by atoms with Crippen molar-refractivity contribution in [3.05, 3.63) is 18.7 Å². The number of imidazole rings is 1. The largest absolute Gasteiger partial charge is 0.480 e. The molecule has 1 heterocycles. The second-order valence-electron chi connectivity index (χ2n) is 5.13. The first-order valence-electron chi connectivity index (χ1n) is 6.87. The molecule has 1 aliphatic rings. The fraction of sp³-hybridized carbons (Fsp3) is 0.615. The van der Waals surface area contributed by atoms with Gasteiger partial charge in [0.1, 0.15) is 5.54 Å². The second-order valence-corrected chi connectivity index (χ2v) is 5.13. The van der Waals surface area contributed by atoms with E-state index in [1.54, 1.807) is 18.7 Å². The molecule has 7 nitrogen and oxygen atoms in total. The molecule has 0 aliphatic heterocycles. The van der Waals surface area contributed by atoms with E-state index in [1.165, 1.54) is 0 Å². The molecule has 7 heteroatoms. The molecule has 1 aliphatic carbocycles. The summed E-state index contributed by atoms with van der Waals surface area (Å²) in [4.78, 5) is 27.2. The summed E-state index contributed by atoms with van der Waals surface area (Å²) in [5.74, 6) is -0.943. The molecule has 2 rings (SSSR count). The molecular weight excluding hydrogens is 260 g/mol. The monoisotopic (exact) mass is 280 g/mol. The van der Waals surface area contributed by atoms with Gasteiger partial charge in [-0.25, -0.2) is 14.6 Å². The van der Waals surface area contributed by atoms with Gasteiger partial charge in [0.2, 0.25) is 0 Å². The van der Waals surface area contributed by atoms with Gasteiger partial charge in [0.25, 0.3) is 0 Å². The molecule has 1 saturated carbocycles. The third kappa shape index (κ3) is 3.49. The quantitative estimate of drug-likeness (QED) is 0.748. The number of carbonyl (C=O) groups is 2. The van der Waals surface area contributed by atoms with Crippen molar-refractivity contribution < 1.29 is 14.7 Å². The molecule has 2 amide bonds. The maximum absolute atomic E-state index is 11.8. The standard InChI is InChI=1S/C13H20N4O3/c18-11(19)13(4-2-1-3-5-13)16-12(20)15-7-9-17-8-6-14-10-17/h6,8,10H,1-5,7,9H2,(H,18,19)(H2,15,16,20). The summed E-state index contributed by atoms with van der Waals surface area (Å²) in [5.41, 5.74) is -1.10. The van der Waals surface area contributed by atoms with Gasteiger partial charge < -0.3 is 20.3 Å². The lowest BCUT2D eigenvalue weighted by atomic mass is 9.82. The highest BCUT2D eigenvalue weighted by Gasteiger charge is 2.40. The number of nitrogens with one attached hydrogen (secondary N) is 2. The van der Waals surface area contributed by atoms with E-state index < -0.39 is 17.5 Å². The normalized spacial score (nSPS) is 17.4. The summed E-state index contributed by atoms with van der Waals surface area (Å²) in [6.45, 7) is 1.03. The summed E-state index contributed by atoms with van der Waals surface area (Å²) in [6.07, 6.45) is 8.83. The summed E-state index contributed by atoms with van der Waals surface area (Å²) >= 11 is 0. The molecule has 0 radical (unpaired) electrons. The van der Waals surface area contributed by atoms with Gasteiger partial charge in [-0.1, -0.05) is 19.3 Å². The number of rotatable bonds is 5. The molecule has 1 aromatic heterocycles. The Morgan fingerprint density at radius 3 is 2.65 bits per heavy atom. The van der Waals surface area contributed by atoms with E-state index in [-0.39, 0.29) is 0 Å². The first kappa shape index (κ1) is 14.4. The first-order valence-corrected chi connectivity index (χ1v) is 6.87. The van der Waals surface area contributed by atoms with E-state index in [2.05, 4.69) is 15.6 Å². The Hall–Kier alpha value is -2.05. The minimum absolute atomic E-state index is 0.422. The van der Waals surface area contributed by atoms with E-state index in [9.17, 15) is 14.7 Å². The Morgan fingerprint density at radius 1 is 1.30 bits per heavy atom. The molecule has 0 aromatic carbocycles. The molecule has 0 bridgehead atoms. The zero-order valence-electron chi connectivity index (χ0n) is 11.3. The Bertz CT molecular complexity index is 452. The molecule has 0 unspecified atom stereocenters. The predicted molar refractivity (Wildman–Crippen MR) is 72.2 cm³/mol. The van der Waals surface area contributed by atoms with Gasteiger partial charge in [0.05, 0.1) is 6.33 Å². The van der Waals surface area contributed by atoms with Gasteiger partial charge in [-0.15, -0.1) is 0 Å². The highest BCUT2D eigenvalue weighted by Crippen LogP contribution is 2.28. The Balaban J connectivity index is 1.81. The van der Waals surface area contributed by atoms with Crippen LogP contribution in [0.5, 0.6) is 0 Å². The van der Waals surface area contributed by atoms with E-state index in [0.717, 1.165) is 19.3 Å². The number of nitrogens with zero attached hydrogens (tertiary/aromatic N) is 2. The number of hydrogen-bond donors (Lipinski definition) is 3. The van der Waals surface area contributed by atoms with E-state index in [0.29, 0.717) is 25.9 Å². The minimum Gasteiger partial charge on any atom is -0.480 e. The number of aliphatic carboxylic acids is 1. The van der Waals surface area contributed by atoms with E-state index in [4.69, 9.17) is 0 Å². The molecule has 0 saturated heterocycles. The average molecular weight is 280 g/mol. The Kier molecular flexibility index (Phi) is 4.60. The summed E-state index contributed by atoms with van der Waals surface area (Å²) in [6, 6.07) is -0.422. The number of carboxylic acid groups (broad SMARTS) is 1. The van der Waals surface area contributed by atoms with Gasteiger partial charge >= 0.3 is 12.0 Å². The zero-order chi connectivity index (χ0) is 14.4. The van der Waals surface area contributed by atoms with Gasteiger partial charge in [-0.05, 0) is 12.8 Å². The molecule has 3 N–H and O–H groups in total. The molecular formula is C13H20N4O3. The summed E-state index contributed by atoms with van der Waals surface area (Å²) in [5, 5.41) is 14.7. The van der Waals surface area contributed by atoms with Crippen LogP contribution in [0.4, 0.5) is 4.79 Å². The van der Waals surface area contributed by atoms with Crippen LogP contribution >= 0.6 is 0 Å². The molecule has 20 heavy (non-hydrogen) atoms. The molecule has 0 spiro atoms. The van der Waals surface area contributed by atoms with Crippen molar-refractivity contribution in [1.29, 1.82) is 0 Å². The van der Waals surface area contributed by atoms with Crippen molar-refractivity contribution in [1.82, 2.24) is 20.2 Å². The maximum atomic E-state index is 11.8. The minimum atomic E-state index is -1.10. The van der Waals surface area contributed by atoms with Crippen LogP contribution in [-0.4, -0.2) is 38.7 Å². The van der Waals surface area contributed by atoms with Crippen LogP contribution in [0.1, 0.15) is 32.1 Å². The van der Waals surface area contributed by atoms with Crippen molar-refractivity contribution in [2.75, 3.05) is 6.54 Å². The third-order valence-corrected chi connectivity index (χ3v) is 3.68. The van der Waals surface area contributed by atoms with E-state index >= 15 is 0 Å². The van der Waals surface area contributed by atoms with Gasteiger partial charge in [-0.3, -0.25) is 0 Å². The van der Waals surface area contributed by atoms with Crippen molar-refractivity contribution >= 4 is 12.0 Å². The number of carboxylic acids is 1. The van der Waals surface area contributed by atoms with Gasteiger partial charge in [0.15, 0.2) is 0 Å². The topological polar surface area (TPSA) is 96.3 Å². The smallest absolute Gasteiger partial charge is 0.329 e. The van der Waals surface area contributed by atoms with Crippen molar-refractivity contribution in [3.8, 4) is 0 Å². The number of carbonyl (C=O) groups excluding carboxylic acids is 1. The predicted octanol–water partition coefficient (Wildman–Crippen LogP) is 0.970. The highest BCUT2D eigenvalue weighted by atomic mass is 16.4. The van der Waals surface area contributed by atoms with Crippen LogP contribution < -0.4 is 10.6 Å². The second kappa shape index (κ2) is 6.40. The number of hydrogen-bond acceptors (Lipinski definition) is 3. The van der Waals surface area contributed by atoms with E-state index in [1.807, 2.05) is 4.57 Å². The lowest BCUT2D eigenvalue weighted by Gasteiger charge is -2.33. The highest BCUT2D eigenvalue weighted by molar-refractivity contribution is 5.86. The molecule has 1 fully saturated rings. The fourth-order valence-corrected chi connectivity index (χ4v) is 2.53. The average Bonchev–Trinajstić information content (AvgIpc) is 2.93. The fourth-order valence-electron chi connectivity index (χ4n) is 2.53. The molecule has 0 atom stereocenters. The molecule has 1 aromatic rings. The van der Waals surface area contributed by atoms with Gasteiger partial charge in [0, 0.05) is 25.5 Å². The van der Waals surface area contributed by atoms with Crippen LogP contribution in [-0.2, 0) is 11.3 Å². The van der Waals surface area contributed by atoms with Crippen LogP contribution in [0.25, 0.3) is 0 Å². The van der Waals surface area contributed by atoms with Crippen LogP contribution in [0.15, 0.2) is 18.7 Å². The third-order valence-electron chi connectivity index (χ3n) is 3.68. The van der Waals surface area contributed by atoms with Crippen LogP contribution in [0.2, 0.25) is 0 Å². The summed E-state index contributed by atoms with van der Waals surface area (Å²) in [7, 11) is 0. The first-order chi connectivity index (χ1) is 9.62. The number of aromatic nitrogens is 2. The van der Waals surface area contributed by atoms with Crippen molar-refractivity contribution in [3.63, 3.8) is 0 Å². The van der Waals surface area contributed by atoms with Crippen molar-refractivity contribution in [2.45, 2.75) is 44.2 Å². The van der Waals surface area contributed by atoms with Crippen molar-refractivity contribution in [2.24, 2.45) is 0 Å². The van der Waals surface area contributed by atoms with Crippen LogP contribution in [0, 0.1) is 0 Å². The Labute approximate surface area is 117 Å². The number of urea groups is 1.